The molecule has 33 heavy (non-hydrogen) atoms. The Kier molecular flexibility index (Phi) is 7.76. The molecule has 1 atom stereocenters. The molecule has 1 heterocycles. The van der Waals surface area contributed by atoms with E-state index in [2.05, 4.69) is 18.7 Å². The van der Waals surface area contributed by atoms with Crippen LogP contribution in [0.3, 0.4) is 0 Å². The van der Waals surface area contributed by atoms with Crippen LogP contribution in [-0.2, 0) is 9.59 Å². The molecule has 1 unspecified atom stereocenters. The number of amides is 1. The second kappa shape index (κ2) is 10.5. The Morgan fingerprint density at radius 2 is 1.70 bits per heavy atom. The van der Waals surface area contributed by atoms with Gasteiger partial charge in [0.1, 0.15) is 5.76 Å². The third kappa shape index (κ3) is 4.73. The zero-order valence-electron chi connectivity index (χ0n) is 19.9. The number of aliphatic hydroxyl groups excluding tert-OH is 1. The van der Waals surface area contributed by atoms with Crippen molar-refractivity contribution in [2.45, 2.75) is 26.8 Å². The summed E-state index contributed by atoms with van der Waals surface area (Å²) in [6.45, 7) is 8.65. The SMILES string of the molecule is CCN(CC)CCN1C(=O)C(=O)C(=C(O)c2ccc(C)cc2)C1c1cccc(OC)c1OC. The van der Waals surface area contributed by atoms with Gasteiger partial charge in [-0.05, 0) is 26.1 Å². The summed E-state index contributed by atoms with van der Waals surface area (Å²) in [5.74, 6) is -0.629. The van der Waals surface area contributed by atoms with Crippen molar-refractivity contribution < 1.29 is 24.2 Å². The van der Waals surface area contributed by atoms with Gasteiger partial charge in [0.05, 0.1) is 25.8 Å². The first kappa shape index (κ1) is 24.3. The summed E-state index contributed by atoms with van der Waals surface area (Å²) in [7, 11) is 3.05. The first-order valence-corrected chi connectivity index (χ1v) is 11.2. The van der Waals surface area contributed by atoms with Crippen LogP contribution in [0.25, 0.3) is 5.76 Å². The molecule has 0 aromatic heterocycles. The monoisotopic (exact) mass is 452 g/mol. The molecule has 1 aliphatic rings. The van der Waals surface area contributed by atoms with Gasteiger partial charge in [-0.15, -0.1) is 0 Å². The topological polar surface area (TPSA) is 79.3 Å². The highest BCUT2D eigenvalue weighted by Crippen LogP contribution is 2.45. The van der Waals surface area contributed by atoms with Crippen molar-refractivity contribution in [2.75, 3.05) is 40.4 Å². The molecule has 1 fully saturated rings. The van der Waals surface area contributed by atoms with E-state index in [-0.39, 0.29) is 11.3 Å². The molecule has 0 bridgehead atoms. The average molecular weight is 453 g/mol. The number of hydrogen-bond donors (Lipinski definition) is 1. The van der Waals surface area contributed by atoms with Crippen molar-refractivity contribution in [3.8, 4) is 11.5 Å². The largest absolute Gasteiger partial charge is 0.507 e. The molecule has 0 spiro atoms. The van der Waals surface area contributed by atoms with Gasteiger partial charge in [-0.1, -0.05) is 55.8 Å². The van der Waals surface area contributed by atoms with Crippen molar-refractivity contribution in [2.24, 2.45) is 0 Å². The van der Waals surface area contributed by atoms with Gasteiger partial charge in [0.15, 0.2) is 11.5 Å². The number of ketones is 1. The van der Waals surface area contributed by atoms with E-state index >= 15 is 0 Å². The Morgan fingerprint density at radius 3 is 2.27 bits per heavy atom. The molecule has 0 saturated carbocycles. The fourth-order valence-corrected chi connectivity index (χ4v) is 4.22. The molecule has 1 aliphatic heterocycles. The number of Topliss-reactive ketones (excluding diaryl/α,β-unsaturated/α-hetero) is 1. The van der Waals surface area contributed by atoms with Crippen molar-refractivity contribution in [3.05, 3.63) is 64.7 Å². The third-order valence-corrected chi connectivity index (χ3v) is 6.14. The predicted octanol–water partition coefficient (Wildman–Crippen LogP) is 3.78. The van der Waals surface area contributed by atoms with Crippen molar-refractivity contribution in [3.63, 3.8) is 0 Å². The maximum atomic E-state index is 13.2. The van der Waals surface area contributed by atoms with Crippen LogP contribution in [0.1, 0.15) is 36.6 Å². The Morgan fingerprint density at radius 1 is 1.03 bits per heavy atom. The van der Waals surface area contributed by atoms with Crippen LogP contribution >= 0.6 is 0 Å². The summed E-state index contributed by atoms with van der Waals surface area (Å²) in [6, 6.07) is 11.7. The van der Waals surface area contributed by atoms with Gasteiger partial charge in [-0.3, -0.25) is 9.59 Å². The van der Waals surface area contributed by atoms with Crippen LogP contribution in [-0.4, -0.2) is 67.0 Å². The van der Waals surface area contributed by atoms with E-state index in [4.69, 9.17) is 9.47 Å². The average Bonchev–Trinajstić information content (AvgIpc) is 3.08. The highest BCUT2D eigenvalue weighted by Gasteiger charge is 2.47. The van der Waals surface area contributed by atoms with Gasteiger partial charge in [0.25, 0.3) is 11.7 Å². The van der Waals surface area contributed by atoms with Crippen LogP contribution < -0.4 is 9.47 Å². The maximum absolute atomic E-state index is 13.2. The minimum absolute atomic E-state index is 0.0509. The van der Waals surface area contributed by atoms with Crippen LogP contribution in [0.4, 0.5) is 0 Å². The number of aryl methyl sites for hydroxylation is 1. The standard InChI is InChI=1S/C26H32N2O5/c1-6-27(7-2)15-16-28-22(19-9-8-10-20(32-4)25(19)33-5)21(24(30)26(28)31)23(29)18-13-11-17(3)12-14-18/h8-14,22,29H,6-7,15-16H2,1-5H3. The van der Waals surface area contributed by atoms with Crippen LogP contribution in [0.15, 0.2) is 48.0 Å². The lowest BCUT2D eigenvalue weighted by atomic mass is 9.94. The summed E-state index contributed by atoms with van der Waals surface area (Å²) < 4.78 is 11.1. The summed E-state index contributed by atoms with van der Waals surface area (Å²) in [5.41, 5.74) is 2.14. The van der Waals surface area contributed by atoms with E-state index in [1.54, 1.807) is 30.3 Å². The Hall–Kier alpha value is -3.32. The van der Waals surface area contributed by atoms with E-state index < -0.39 is 17.7 Å². The fourth-order valence-electron chi connectivity index (χ4n) is 4.22. The molecular weight excluding hydrogens is 420 g/mol. The van der Waals surface area contributed by atoms with Crippen LogP contribution in [0, 0.1) is 6.92 Å². The lowest BCUT2D eigenvalue weighted by Gasteiger charge is -2.29. The molecular formula is C26H32N2O5. The minimum Gasteiger partial charge on any atom is -0.507 e. The molecule has 1 amide bonds. The zero-order chi connectivity index (χ0) is 24.1. The maximum Gasteiger partial charge on any atom is 0.295 e. The quantitative estimate of drug-likeness (QED) is 0.354. The van der Waals surface area contributed by atoms with E-state index in [1.807, 2.05) is 19.1 Å². The molecule has 7 heteroatoms. The highest BCUT2D eigenvalue weighted by molar-refractivity contribution is 6.46. The molecule has 0 aliphatic carbocycles. The van der Waals surface area contributed by atoms with Gasteiger partial charge >= 0.3 is 0 Å². The smallest absolute Gasteiger partial charge is 0.295 e. The summed E-state index contributed by atoms with van der Waals surface area (Å²) >= 11 is 0. The lowest BCUT2D eigenvalue weighted by Crippen LogP contribution is -2.38. The number of likely N-dealkylation sites (N-methyl/N-ethyl adjacent to an activating group) is 1. The van der Waals surface area contributed by atoms with Crippen LogP contribution in [0.5, 0.6) is 11.5 Å². The van der Waals surface area contributed by atoms with Crippen molar-refractivity contribution in [1.82, 2.24) is 9.80 Å². The van der Waals surface area contributed by atoms with Crippen molar-refractivity contribution >= 4 is 17.4 Å². The predicted molar refractivity (Wildman–Crippen MR) is 128 cm³/mol. The molecule has 2 aromatic rings. The number of para-hydroxylation sites is 1. The number of ether oxygens (including phenoxy) is 2. The number of aliphatic hydroxyl groups is 1. The first-order chi connectivity index (χ1) is 15.9. The molecule has 3 rings (SSSR count). The number of rotatable bonds is 9. The Balaban J connectivity index is 2.19. The number of carbonyl (C=O) groups is 2. The molecule has 1 saturated heterocycles. The van der Waals surface area contributed by atoms with Gasteiger partial charge in [-0.25, -0.2) is 0 Å². The fraction of sp³-hybridized carbons (Fsp3) is 0.385. The second-order valence-corrected chi connectivity index (χ2v) is 7.97. The molecule has 7 nitrogen and oxygen atoms in total. The summed E-state index contributed by atoms with van der Waals surface area (Å²) in [5, 5.41) is 11.2. The molecule has 0 radical (unpaired) electrons. The van der Waals surface area contributed by atoms with Crippen LogP contribution in [0.2, 0.25) is 0 Å². The normalized spacial score (nSPS) is 17.6. The summed E-state index contributed by atoms with van der Waals surface area (Å²) in [6.07, 6.45) is 0. The number of hydrogen-bond acceptors (Lipinski definition) is 6. The number of carbonyl (C=O) groups excluding carboxylic acids is 2. The first-order valence-electron chi connectivity index (χ1n) is 11.2. The van der Waals surface area contributed by atoms with E-state index in [1.165, 1.54) is 19.1 Å². The van der Waals surface area contributed by atoms with Crippen molar-refractivity contribution in [1.29, 1.82) is 0 Å². The number of nitrogens with zero attached hydrogens (tertiary/aromatic N) is 2. The third-order valence-electron chi connectivity index (χ3n) is 6.14. The molecule has 1 N–H and O–H groups in total. The molecule has 176 valence electrons. The number of methoxy groups -OCH3 is 2. The van der Waals surface area contributed by atoms with Gasteiger partial charge in [0, 0.05) is 24.2 Å². The highest BCUT2D eigenvalue weighted by atomic mass is 16.5. The summed E-state index contributed by atoms with van der Waals surface area (Å²) in [4.78, 5) is 30.1. The van der Waals surface area contributed by atoms with Gasteiger partial charge in [-0.2, -0.15) is 0 Å². The lowest BCUT2D eigenvalue weighted by molar-refractivity contribution is -0.140. The van der Waals surface area contributed by atoms with E-state index in [9.17, 15) is 14.7 Å². The molecule has 2 aromatic carbocycles. The second-order valence-electron chi connectivity index (χ2n) is 7.97. The van der Waals surface area contributed by atoms with Gasteiger partial charge < -0.3 is 24.4 Å². The Bertz CT molecular complexity index is 1040. The zero-order valence-corrected chi connectivity index (χ0v) is 19.9. The number of likely N-dealkylation sites (tertiary alicyclic amines) is 1. The van der Waals surface area contributed by atoms with Gasteiger partial charge in [0.2, 0.25) is 0 Å². The Labute approximate surface area is 195 Å². The van der Waals surface area contributed by atoms with E-state index in [0.29, 0.717) is 35.7 Å². The van der Waals surface area contributed by atoms with E-state index in [0.717, 1.165) is 18.7 Å². The number of benzene rings is 2. The minimum atomic E-state index is -0.799.